The van der Waals surface area contributed by atoms with E-state index in [2.05, 4.69) is 111 Å². The van der Waals surface area contributed by atoms with Crippen LogP contribution in [0.5, 0.6) is 0 Å². The minimum atomic E-state index is -4.46. The van der Waals surface area contributed by atoms with Gasteiger partial charge in [-0.2, -0.15) is 0 Å². The molecule has 2 N–H and O–H groups in total. The Kier molecular flexibility index (Phi) is 52.1. The zero-order chi connectivity index (χ0) is 55.0. The number of ether oxygens (including phenoxy) is 1. The van der Waals surface area contributed by atoms with Crippen molar-refractivity contribution in [3.63, 3.8) is 0 Å². The van der Waals surface area contributed by atoms with Crippen LogP contribution in [-0.4, -0.2) is 74.3 Å². The number of phosphoric ester groups is 1. The SMILES string of the molecule is CC/C=C\C/C=C\C/C=C\C/C=C\C/C=C\C/C=C\CCCCCCCCC(=O)NC(COP(=O)(O)OCC[N+](C)(C)C)C(/C=C\CCCCCCCCCCC)OC(=O)CCCCC/C=C\CCCCCCCC. The zero-order valence-electron chi connectivity index (χ0n) is 49.3. The van der Waals surface area contributed by atoms with Gasteiger partial charge in [0.15, 0.2) is 0 Å². The van der Waals surface area contributed by atoms with Crippen molar-refractivity contribution in [1.29, 1.82) is 0 Å². The minimum Gasteiger partial charge on any atom is -0.456 e. The molecule has 0 saturated heterocycles. The van der Waals surface area contributed by atoms with E-state index in [1.807, 2.05) is 33.3 Å². The average molecular weight is 1070 g/mol. The molecule has 0 heterocycles. The van der Waals surface area contributed by atoms with Crippen LogP contribution in [0.25, 0.3) is 0 Å². The second-order valence-corrected chi connectivity index (χ2v) is 22.9. The van der Waals surface area contributed by atoms with Crippen LogP contribution >= 0.6 is 7.82 Å². The molecule has 0 aliphatic heterocycles. The first-order valence-electron chi connectivity index (χ1n) is 30.6. The number of allylic oxidation sites excluding steroid dienone is 15. The molecule has 0 saturated carbocycles. The normalized spacial score (nSPS) is 14.4. The Morgan fingerprint density at radius 2 is 0.853 bits per heavy atom. The highest BCUT2D eigenvalue weighted by Crippen LogP contribution is 2.43. The summed E-state index contributed by atoms with van der Waals surface area (Å²) >= 11 is 0. The van der Waals surface area contributed by atoms with Crippen LogP contribution in [0.15, 0.2) is 97.2 Å². The van der Waals surface area contributed by atoms with Crippen LogP contribution in [0.2, 0.25) is 0 Å². The summed E-state index contributed by atoms with van der Waals surface area (Å²) in [7, 11) is 1.47. The highest BCUT2D eigenvalue weighted by atomic mass is 31.2. The van der Waals surface area contributed by atoms with Gasteiger partial charge in [-0.05, 0) is 109 Å². The number of phosphoric acid groups is 1. The van der Waals surface area contributed by atoms with E-state index in [0.29, 0.717) is 23.9 Å². The first-order valence-corrected chi connectivity index (χ1v) is 32.1. The molecule has 0 radical (unpaired) electrons. The van der Waals surface area contributed by atoms with Crippen molar-refractivity contribution >= 4 is 19.7 Å². The third-order valence-corrected chi connectivity index (χ3v) is 14.0. The molecule has 3 atom stereocenters. The van der Waals surface area contributed by atoms with Crippen LogP contribution < -0.4 is 5.32 Å². The first-order chi connectivity index (χ1) is 36.4. The fourth-order valence-corrected chi connectivity index (χ4v) is 9.03. The number of esters is 1. The average Bonchev–Trinajstić information content (AvgIpc) is 3.37. The lowest BCUT2D eigenvalue weighted by molar-refractivity contribution is -0.870. The maximum absolute atomic E-state index is 13.5. The van der Waals surface area contributed by atoms with Crippen molar-refractivity contribution < 1.29 is 37.3 Å². The lowest BCUT2D eigenvalue weighted by atomic mass is 10.1. The topological polar surface area (TPSA) is 111 Å². The molecule has 0 rings (SSSR count). The molecule has 0 spiro atoms. The minimum absolute atomic E-state index is 0.0305. The van der Waals surface area contributed by atoms with Gasteiger partial charge in [0.1, 0.15) is 19.3 Å². The Bertz CT molecular complexity index is 1610. The summed E-state index contributed by atoms with van der Waals surface area (Å²) in [5.41, 5.74) is 0. The summed E-state index contributed by atoms with van der Waals surface area (Å²) in [6.07, 6.45) is 72.6. The number of unbranched alkanes of at least 4 members (excludes halogenated alkanes) is 24. The second-order valence-electron chi connectivity index (χ2n) is 21.5. The van der Waals surface area contributed by atoms with Gasteiger partial charge in [0.05, 0.1) is 33.8 Å². The predicted molar refractivity (Wildman–Crippen MR) is 323 cm³/mol. The van der Waals surface area contributed by atoms with E-state index in [-0.39, 0.29) is 31.5 Å². The molecule has 0 aliphatic carbocycles. The van der Waals surface area contributed by atoms with Crippen molar-refractivity contribution in [1.82, 2.24) is 5.32 Å². The third kappa shape index (κ3) is 55.5. The van der Waals surface area contributed by atoms with Crippen molar-refractivity contribution in [2.24, 2.45) is 0 Å². The van der Waals surface area contributed by atoms with Gasteiger partial charge in [-0.25, -0.2) is 4.57 Å². The molecular weight excluding hydrogens is 952 g/mol. The number of carbonyl (C=O) groups is 2. The lowest BCUT2D eigenvalue weighted by Crippen LogP contribution is -2.47. The third-order valence-electron chi connectivity index (χ3n) is 13.0. The van der Waals surface area contributed by atoms with Gasteiger partial charge >= 0.3 is 13.8 Å². The number of rotatable bonds is 54. The first kappa shape index (κ1) is 71.9. The van der Waals surface area contributed by atoms with E-state index < -0.39 is 20.0 Å². The summed E-state index contributed by atoms with van der Waals surface area (Å²) in [4.78, 5) is 37.6. The summed E-state index contributed by atoms with van der Waals surface area (Å²) in [5, 5.41) is 3.04. The highest BCUT2D eigenvalue weighted by Gasteiger charge is 2.30. The van der Waals surface area contributed by atoms with E-state index in [0.717, 1.165) is 128 Å². The summed E-state index contributed by atoms with van der Waals surface area (Å²) in [6, 6.07) is -0.867. The number of nitrogens with zero attached hydrogens (tertiary/aromatic N) is 1. The second kappa shape index (κ2) is 54.3. The molecule has 0 aliphatic rings. The Morgan fingerprint density at radius 1 is 0.480 bits per heavy atom. The smallest absolute Gasteiger partial charge is 0.456 e. The molecule has 0 fully saturated rings. The van der Waals surface area contributed by atoms with Crippen molar-refractivity contribution in [2.75, 3.05) is 40.9 Å². The van der Waals surface area contributed by atoms with Crippen molar-refractivity contribution in [3.05, 3.63) is 97.2 Å². The molecule has 432 valence electrons. The molecule has 75 heavy (non-hydrogen) atoms. The Balaban J connectivity index is 5.20. The van der Waals surface area contributed by atoms with Gasteiger partial charge in [0.25, 0.3) is 0 Å². The Morgan fingerprint density at radius 3 is 1.31 bits per heavy atom. The van der Waals surface area contributed by atoms with E-state index in [4.69, 9.17) is 13.8 Å². The van der Waals surface area contributed by atoms with E-state index in [9.17, 15) is 19.0 Å². The molecule has 1 amide bonds. The van der Waals surface area contributed by atoms with Gasteiger partial charge in [0, 0.05) is 12.8 Å². The fourth-order valence-electron chi connectivity index (χ4n) is 8.29. The highest BCUT2D eigenvalue weighted by molar-refractivity contribution is 7.47. The van der Waals surface area contributed by atoms with Crippen LogP contribution in [0, 0.1) is 0 Å². The lowest BCUT2D eigenvalue weighted by Gasteiger charge is -2.27. The van der Waals surface area contributed by atoms with Gasteiger partial charge in [-0.3, -0.25) is 18.6 Å². The zero-order valence-corrected chi connectivity index (χ0v) is 50.2. The van der Waals surface area contributed by atoms with E-state index in [1.54, 1.807) is 0 Å². The number of hydrogen-bond acceptors (Lipinski definition) is 6. The largest absolute Gasteiger partial charge is 0.472 e. The number of hydrogen-bond donors (Lipinski definition) is 2. The number of quaternary nitrogens is 1. The predicted octanol–water partition coefficient (Wildman–Crippen LogP) is 18.8. The standard InChI is InChI=1S/C65H115N2O7P/c1-7-10-13-16-19-22-25-27-28-29-30-31-32-33-34-35-36-37-38-40-42-45-48-51-54-57-64(68)66-62(61-73-75(70,71)72-60-59-67(4,5)6)63(56-53-50-47-44-41-24-21-18-15-12-9-3)74-65(69)58-55-52-49-46-43-39-26-23-20-17-14-11-8-2/h10,13,19,22,27-28,30-31,33-34,36-37,39,43,53,56,62-63H,7-9,11-12,14-18,20-21,23-26,29,32,35,38,40-42,44-52,54-55,57-61H2,1-6H3,(H-,66,68,70,71)/p+1/b13-10-,22-19-,28-27-,31-30-,34-33-,37-36-,43-39-,56-53-. The van der Waals surface area contributed by atoms with Crippen LogP contribution in [-0.2, 0) is 27.9 Å². The van der Waals surface area contributed by atoms with Gasteiger partial charge < -0.3 is 19.4 Å². The van der Waals surface area contributed by atoms with E-state index >= 15 is 0 Å². The number of amides is 1. The number of carbonyl (C=O) groups excluding carboxylic acids is 2. The number of nitrogens with one attached hydrogen (secondary N) is 1. The quantitative estimate of drug-likeness (QED) is 0.0205. The molecule has 3 unspecified atom stereocenters. The van der Waals surface area contributed by atoms with Gasteiger partial charge in [0.2, 0.25) is 5.91 Å². The summed E-state index contributed by atoms with van der Waals surface area (Å²) in [5.74, 6) is -0.546. The summed E-state index contributed by atoms with van der Waals surface area (Å²) in [6.45, 7) is 6.85. The van der Waals surface area contributed by atoms with Crippen LogP contribution in [0.3, 0.4) is 0 Å². The van der Waals surface area contributed by atoms with Gasteiger partial charge in [-0.1, -0.05) is 227 Å². The van der Waals surface area contributed by atoms with Crippen LogP contribution in [0.1, 0.15) is 252 Å². The van der Waals surface area contributed by atoms with Gasteiger partial charge in [-0.15, -0.1) is 0 Å². The van der Waals surface area contributed by atoms with Crippen molar-refractivity contribution in [3.8, 4) is 0 Å². The molecular formula is C65H116N2O7P+. The Labute approximate surface area is 462 Å². The molecule has 0 bridgehead atoms. The van der Waals surface area contributed by atoms with E-state index in [1.165, 1.54) is 83.5 Å². The number of likely N-dealkylation sites (N-methyl/N-ethyl adjacent to an activating group) is 1. The summed E-state index contributed by atoms with van der Waals surface area (Å²) < 4.78 is 30.6. The molecule has 0 aromatic rings. The fraction of sp³-hybridized carbons (Fsp3) is 0.723. The monoisotopic (exact) mass is 1070 g/mol. The molecule has 10 heteroatoms. The molecule has 0 aromatic heterocycles. The van der Waals surface area contributed by atoms with Crippen molar-refractivity contribution in [2.45, 2.75) is 264 Å². The molecule has 9 nitrogen and oxygen atoms in total. The Hall–Kier alpha value is -3.07. The molecule has 0 aromatic carbocycles. The maximum Gasteiger partial charge on any atom is 0.472 e. The maximum atomic E-state index is 13.5. The van der Waals surface area contributed by atoms with Crippen LogP contribution in [0.4, 0.5) is 0 Å².